The molecule has 0 saturated heterocycles. The molecule has 0 heterocycles. The molecule has 0 spiro atoms. The molecule has 4 heteroatoms. The molecule has 0 aliphatic heterocycles. The lowest BCUT2D eigenvalue weighted by Crippen LogP contribution is -2.24. The fourth-order valence-corrected chi connectivity index (χ4v) is 3.56. The molecule has 3 aromatic carbocycles. The van der Waals surface area contributed by atoms with Gasteiger partial charge >= 0.3 is 0 Å². The lowest BCUT2D eigenvalue weighted by molar-refractivity contribution is -0.128. The number of carbonyl (C=O) groups excluding carboxylic acids is 1. The van der Waals surface area contributed by atoms with Crippen LogP contribution in [0.15, 0.2) is 77.7 Å². The number of hydrogen-bond donors (Lipinski definition) is 2. The highest BCUT2D eigenvalue weighted by atomic mass is 32.2. The van der Waals surface area contributed by atoms with Gasteiger partial charge in [0.25, 0.3) is 5.91 Å². The standard InChI is InChI=1S/C18H15NO2S/c20-18(19-21)17(14-8-2-1-3-9-14)22-16-12-6-10-13-7-4-5-11-15(13)16/h1-12,17,21H,(H,19,20). The molecule has 22 heavy (non-hydrogen) atoms. The third-order valence-electron chi connectivity index (χ3n) is 3.45. The van der Waals surface area contributed by atoms with Gasteiger partial charge in [-0.25, -0.2) is 5.48 Å². The van der Waals surface area contributed by atoms with Gasteiger partial charge in [-0.15, -0.1) is 11.8 Å². The van der Waals surface area contributed by atoms with Crippen LogP contribution in [-0.4, -0.2) is 11.1 Å². The highest BCUT2D eigenvalue weighted by molar-refractivity contribution is 8.00. The number of hydroxylamine groups is 1. The SMILES string of the molecule is O=C(NO)C(Sc1cccc2ccccc12)c1ccccc1. The Bertz CT molecular complexity index is 784. The Morgan fingerprint density at radius 3 is 2.36 bits per heavy atom. The van der Waals surface area contributed by atoms with E-state index in [1.165, 1.54) is 11.8 Å². The van der Waals surface area contributed by atoms with E-state index < -0.39 is 11.2 Å². The van der Waals surface area contributed by atoms with Crippen LogP contribution in [0.1, 0.15) is 10.8 Å². The lowest BCUT2D eigenvalue weighted by Gasteiger charge is -2.16. The molecule has 3 nitrogen and oxygen atoms in total. The number of rotatable bonds is 4. The Hall–Kier alpha value is -2.30. The zero-order valence-corrected chi connectivity index (χ0v) is 12.6. The minimum absolute atomic E-state index is 0.427. The van der Waals surface area contributed by atoms with Gasteiger partial charge < -0.3 is 0 Å². The predicted molar refractivity (Wildman–Crippen MR) is 88.9 cm³/mol. The van der Waals surface area contributed by atoms with Crippen LogP contribution < -0.4 is 5.48 Å². The largest absolute Gasteiger partial charge is 0.289 e. The van der Waals surface area contributed by atoms with E-state index in [-0.39, 0.29) is 0 Å². The first-order valence-corrected chi connectivity index (χ1v) is 7.81. The van der Waals surface area contributed by atoms with Crippen LogP contribution in [0.25, 0.3) is 10.8 Å². The van der Waals surface area contributed by atoms with Crippen molar-refractivity contribution in [3.05, 3.63) is 78.4 Å². The first-order chi connectivity index (χ1) is 10.8. The summed E-state index contributed by atoms with van der Waals surface area (Å²) in [6.07, 6.45) is 0. The van der Waals surface area contributed by atoms with Gasteiger partial charge in [-0.2, -0.15) is 0 Å². The van der Waals surface area contributed by atoms with Crippen LogP contribution in [0.5, 0.6) is 0 Å². The maximum absolute atomic E-state index is 12.1. The van der Waals surface area contributed by atoms with Crippen LogP contribution in [0.4, 0.5) is 0 Å². The topological polar surface area (TPSA) is 49.3 Å². The number of carbonyl (C=O) groups is 1. The second-order valence-electron chi connectivity index (χ2n) is 4.86. The van der Waals surface area contributed by atoms with Crippen LogP contribution in [0.2, 0.25) is 0 Å². The fraction of sp³-hybridized carbons (Fsp3) is 0.0556. The predicted octanol–water partition coefficient (Wildman–Crippen LogP) is 4.18. The molecule has 0 saturated carbocycles. The molecular formula is C18H15NO2S. The summed E-state index contributed by atoms with van der Waals surface area (Å²) in [4.78, 5) is 13.1. The van der Waals surface area contributed by atoms with E-state index in [4.69, 9.17) is 5.21 Å². The molecule has 1 amide bonds. The number of benzene rings is 3. The number of fused-ring (bicyclic) bond motifs is 1. The van der Waals surface area contributed by atoms with Gasteiger partial charge in [0.15, 0.2) is 0 Å². The van der Waals surface area contributed by atoms with Gasteiger partial charge in [-0.05, 0) is 22.4 Å². The molecule has 0 aromatic heterocycles. The Kier molecular flexibility index (Phi) is 4.42. The smallest absolute Gasteiger partial charge is 0.261 e. The Morgan fingerprint density at radius 2 is 1.59 bits per heavy atom. The number of thioether (sulfide) groups is 1. The van der Waals surface area contributed by atoms with Gasteiger partial charge in [0.1, 0.15) is 5.25 Å². The summed E-state index contributed by atoms with van der Waals surface area (Å²) >= 11 is 1.43. The van der Waals surface area contributed by atoms with Crippen molar-refractivity contribution in [2.24, 2.45) is 0 Å². The van der Waals surface area contributed by atoms with Gasteiger partial charge in [0, 0.05) is 4.90 Å². The fourth-order valence-electron chi connectivity index (χ4n) is 2.38. The van der Waals surface area contributed by atoms with Crippen LogP contribution in [-0.2, 0) is 4.79 Å². The zero-order valence-electron chi connectivity index (χ0n) is 11.8. The van der Waals surface area contributed by atoms with Crippen molar-refractivity contribution in [1.82, 2.24) is 5.48 Å². The zero-order chi connectivity index (χ0) is 15.4. The molecule has 0 aliphatic rings. The average Bonchev–Trinajstić information content (AvgIpc) is 2.60. The number of nitrogens with one attached hydrogen (secondary N) is 1. The first-order valence-electron chi connectivity index (χ1n) is 6.93. The Morgan fingerprint density at radius 1 is 0.909 bits per heavy atom. The summed E-state index contributed by atoms with van der Waals surface area (Å²) in [6, 6.07) is 23.5. The van der Waals surface area contributed by atoms with Crippen molar-refractivity contribution in [1.29, 1.82) is 0 Å². The van der Waals surface area contributed by atoms with Crippen LogP contribution in [0, 0.1) is 0 Å². The summed E-state index contributed by atoms with van der Waals surface area (Å²) in [5, 5.41) is 10.8. The minimum Gasteiger partial charge on any atom is -0.289 e. The minimum atomic E-state index is -0.503. The molecule has 110 valence electrons. The number of hydrogen-bond acceptors (Lipinski definition) is 3. The average molecular weight is 309 g/mol. The second-order valence-corrected chi connectivity index (χ2v) is 6.01. The van der Waals surface area contributed by atoms with Gasteiger partial charge in [0.2, 0.25) is 0 Å². The summed E-state index contributed by atoms with van der Waals surface area (Å²) in [7, 11) is 0. The third-order valence-corrected chi connectivity index (χ3v) is 4.78. The Balaban J connectivity index is 2.01. The molecule has 0 fully saturated rings. The van der Waals surface area contributed by atoms with E-state index in [0.717, 1.165) is 21.2 Å². The van der Waals surface area contributed by atoms with E-state index in [1.54, 1.807) is 5.48 Å². The summed E-state index contributed by atoms with van der Waals surface area (Å²) in [5.74, 6) is -0.427. The Labute approximate surface area is 132 Å². The molecular weight excluding hydrogens is 294 g/mol. The molecule has 0 aliphatic carbocycles. The van der Waals surface area contributed by atoms with Crippen molar-refractivity contribution in [3.8, 4) is 0 Å². The highest BCUT2D eigenvalue weighted by Crippen LogP contribution is 2.38. The first kappa shape index (κ1) is 14.6. The summed E-state index contributed by atoms with van der Waals surface area (Å²) < 4.78 is 0. The molecule has 2 N–H and O–H groups in total. The molecule has 0 radical (unpaired) electrons. The van der Waals surface area contributed by atoms with Gasteiger partial charge in [0.05, 0.1) is 0 Å². The molecule has 1 atom stereocenters. The second kappa shape index (κ2) is 6.64. The van der Waals surface area contributed by atoms with E-state index in [1.807, 2.05) is 72.8 Å². The van der Waals surface area contributed by atoms with Crippen molar-refractivity contribution in [2.45, 2.75) is 10.1 Å². The van der Waals surface area contributed by atoms with Crippen LogP contribution >= 0.6 is 11.8 Å². The summed E-state index contributed by atoms with van der Waals surface area (Å²) in [5.41, 5.74) is 2.63. The molecule has 3 rings (SSSR count). The van der Waals surface area contributed by atoms with E-state index >= 15 is 0 Å². The van der Waals surface area contributed by atoms with Crippen LogP contribution in [0.3, 0.4) is 0 Å². The maximum Gasteiger partial charge on any atom is 0.261 e. The monoisotopic (exact) mass is 309 g/mol. The van der Waals surface area contributed by atoms with Crippen molar-refractivity contribution in [2.75, 3.05) is 0 Å². The lowest BCUT2D eigenvalue weighted by atomic mass is 10.1. The molecule has 1 unspecified atom stereocenters. The van der Waals surface area contributed by atoms with Crippen molar-refractivity contribution < 1.29 is 10.0 Å². The van der Waals surface area contributed by atoms with Gasteiger partial charge in [-0.1, -0.05) is 66.7 Å². The third kappa shape index (κ3) is 2.98. The number of amides is 1. The molecule has 0 bridgehead atoms. The quantitative estimate of drug-likeness (QED) is 0.432. The maximum atomic E-state index is 12.1. The van der Waals surface area contributed by atoms with Crippen molar-refractivity contribution in [3.63, 3.8) is 0 Å². The summed E-state index contributed by atoms with van der Waals surface area (Å²) in [6.45, 7) is 0. The van der Waals surface area contributed by atoms with Crippen molar-refractivity contribution >= 4 is 28.4 Å². The van der Waals surface area contributed by atoms with Gasteiger partial charge in [-0.3, -0.25) is 10.0 Å². The van der Waals surface area contributed by atoms with E-state index in [2.05, 4.69) is 0 Å². The van der Waals surface area contributed by atoms with E-state index in [0.29, 0.717) is 0 Å². The van der Waals surface area contributed by atoms with E-state index in [9.17, 15) is 4.79 Å². The molecule has 3 aromatic rings. The highest BCUT2D eigenvalue weighted by Gasteiger charge is 2.22. The normalized spacial score (nSPS) is 12.0.